The summed E-state index contributed by atoms with van der Waals surface area (Å²) in [6.07, 6.45) is 0.881. The number of hydrazine groups is 1. The molecule has 4 aromatic rings. The van der Waals surface area contributed by atoms with Crippen LogP contribution in [0.25, 0.3) is 22.8 Å². The Morgan fingerprint density at radius 3 is 2.69 bits per heavy atom. The maximum atomic E-state index is 13.1. The number of carbonyl (C=O) groups is 1. The highest BCUT2D eigenvalue weighted by molar-refractivity contribution is 5.98. The number of nitrogens with one attached hydrogen (secondary N) is 2. The molecule has 1 aliphatic rings. The van der Waals surface area contributed by atoms with Crippen LogP contribution in [-0.4, -0.2) is 44.6 Å². The van der Waals surface area contributed by atoms with Crippen molar-refractivity contribution >= 4 is 17.4 Å². The molecule has 0 bridgehead atoms. The number of nitrogen functional groups attached to an aromatic ring is 1. The summed E-state index contributed by atoms with van der Waals surface area (Å²) in [4.78, 5) is 13.1. The van der Waals surface area contributed by atoms with Gasteiger partial charge in [-0.25, -0.2) is 4.63 Å². The molecule has 0 spiro atoms. The van der Waals surface area contributed by atoms with Crippen molar-refractivity contribution in [1.29, 1.82) is 0 Å². The van der Waals surface area contributed by atoms with E-state index in [1.54, 1.807) is 42.5 Å². The number of nitrogens with zero attached hydrogens (tertiary/aromatic N) is 5. The molecular formula is C23H22N8O5. The third kappa shape index (κ3) is 4.36. The van der Waals surface area contributed by atoms with E-state index in [-0.39, 0.29) is 24.1 Å². The highest BCUT2D eigenvalue weighted by Crippen LogP contribution is 2.33. The van der Waals surface area contributed by atoms with E-state index in [1.165, 1.54) is 4.68 Å². The van der Waals surface area contributed by atoms with Gasteiger partial charge >= 0.3 is 0 Å². The maximum Gasteiger partial charge on any atom is 0.292 e. The topological polar surface area (TPSA) is 164 Å². The van der Waals surface area contributed by atoms with Gasteiger partial charge in [-0.05, 0) is 59.2 Å². The summed E-state index contributed by atoms with van der Waals surface area (Å²) >= 11 is 0. The molecule has 5 rings (SSSR count). The molecule has 0 atom stereocenters. The highest BCUT2D eigenvalue weighted by atomic mass is 16.7. The number of ether oxygens (including phenoxy) is 3. The van der Waals surface area contributed by atoms with E-state index in [1.807, 2.05) is 6.92 Å². The second-order valence-corrected chi connectivity index (χ2v) is 7.67. The standard InChI is InChI=1S/C23H22N8O5/c1-3-10-33-16-7-4-14(5-8-16)20-19(26-30-31(20)22-21(24)28-36-29-22)23(32)27-25-13(2)15-6-9-17-18(11-15)35-12-34-17/h4-9,11,25H,2-3,10,12H2,1H3,(H2,24,28)(H,27,32). The van der Waals surface area contributed by atoms with Crippen molar-refractivity contribution < 1.29 is 23.6 Å². The number of anilines is 1. The minimum absolute atomic E-state index is 0.00520. The molecule has 1 amide bonds. The van der Waals surface area contributed by atoms with Crippen LogP contribution in [0, 0.1) is 0 Å². The lowest BCUT2D eigenvalue weighted by molar-refractivity contribution is 0.0938. The minimum atomic E-state index is -0.570. The summed E-state index contributed by atoms with van der Waals surface area (Å²) in [5.41, 5.74) is 13.3. The average molecular weight is 490 g/mol. The molecule has 0 radical (unpaired) electrons. The fourth-order valence-corrected chi connectivity index (χ4v) is 3.46. The van der Waals surface area contributed by atoms with Gasteiger partial charge in [0.05, 0.1) is 12.3 Å². The number of nitrogens with two attached hydrogens (primary N) is 1. The first-order chi connectivity index (χ1) is 17.5. The SMILES string of the molecule is C=C(NNC(=O)c1nnn(-c2nonc2N)c1-c1ccc(OCCC)cc1)c1ccc2c(c1)OCO2. The average Bonchev–Trinajstić information content (AvgIpc) is 3.64. The summed E-state index contributed by atoms with van der Waals surface area (Å²) in [6.45, 7) is 6.73. The monoisotopic (exact) mass is 490 g/mol. The van der Waals surface area contributed by atoms with E-state index in [2.05, 4.69) is 38.1 Å². The molecule has 0 saturated heterocycles. The van der Waals surface area contributed by atoms with Crippen molar-refractivity contribution in [1.82, 2.24) is 36.2 Å². The van der Waals surface area contributed by atoms with E-state index in [9.17, 15) is 4.79 Å². The number of benzene rings is 2. The van der Waals surface area contributed by atoms with Crippen molar-refractivity contribution in [3.05, 3.63) is 60.3 Å². The molecule has 2 aromatic carbocycles. The Balaban J connectivity index is 1.40. The molecule has 0 aliphatic carbocycles. The molecule has 0 saturated carbocycles. The number of amides is 1. The van der Waals surface area contributed by atoms with Gasteiger partial charge < -0.3 is 19.9 Å². The third-order valence-corrected chi connectivity index (χ3v) is 5.23. The fourth-order valence-electron chi connectivity index (χ4n) is 3.46. The van der Waals surface area contributed by atoms with E-state index >= 15 is 0 Å². The Bertz CT molecular complexity index is 1410. The van der Waals surface area contributed by atoms with Crippen LogP contribution in [0.2, 0.25) is 0 Å². The Morgan fingerprint density at radius 1 is 1.14 bits per heavy atom. The predicted octanol–water partition coefficient (Wildman–Crippen LogP) is 2.32. The highest BCUT2D eigenvalue weighted by Gasteiger charge is 2.25. The van der Waals surface area contributed by atoms with E-state index in [0.717, 1.165) is 6.42 Å². The lowest BCUT2D eigenvalue weighted by Crippen LogP contribution is -2.36. The molecule has 36 heavy (non-hydrogen) atoms. The van der Waals surface area contributed by atoms with Gasteiger partial charge in [-0.3, -0.25) is 15.6 Å². The summed E-state index contributed by atoms with van der Waals surface area (Å²) in [5, 5.41) is 15.5. The van der Waals surface area contributed by atoms with E-state index in [4.69, 9.17) is 24.6 Å². The predicted molar refractivity (Wildman–Crippen MR) is 127 cm³/mol. The summed E-state index contributed by atoms with van der Waals surface area (Å²) in [7, 11) is 0. The lowest BCUT2D eigenvalue weighted by atomic mass is 10.1. The zero-order chi connectivity index (χ0) is 25.1. The van der Waals surface area contributed by atoms with Crippen molar-refractivity contribution in [2.24, 2.45) is 0 Å². The van der Waals surface area contributed by atoms with E-state index in [0.29, 0.717) is 46.4 Å². The molecule has 13 nitrogen and oxygen atoms in total. The molecule has 2 aromatic heterocycles. The van der Waals surface area contributed by atoms with Crippen LogP contribution in [0.3, 0.4) is 0 Å². The van der Waals surface area contributed by atoms with Gasteiger partial charge in [-0.2, -0.15) is 4.68 Å². The van der Waals surface area contributed by atoms with Crippen LogP contribution in [0.5, 0.6) is 17.2 Å². The van der Waals surface area contributed by atoms with Gasteiger partial charge in [0.2, 0.25) is 18.4 Å². The first-order valence-electron chi connectivity index (χ1n) is 11.0. The molecule has 4 N–H and O–H groups in total. The van der Waals surface area contributed by atoms with Crippen molar-refractivity contribution in [3.8, 4) is 34.3 Å². The molecule has 184 valence electrons. The van der Waals surface area contributed by atoms with Crippen LogP contribution in [0.15, 0.2) is 53.7 Å². The second-order valence-electron chi connectivity index (χ2n) is 7.67. The molecule has 13 heteroatoms. The first kappa shape index (κ1) is 22.7. The molecule has 1 aliphatic heterocycles. The van der Waals surface area contributed by atoms with Gasteiger partial charge in [-0.1, -0.05) is 18.7 Å². The zero-order valence-electron chi connectivity index (χ0n) is 19.2. The number of aromatic nitrogens is 5. The molecule has 0 unspecified atom stereocenters. The van der Waals surface area contributed by atoms with Gasteiger partial charge in [0.1, 0.15) is 11.4 Å². The normalized spacial score (nSPS) is 11.8. The number of rotatable bonds is 9. The number of hydrogen-bond acceptors (Lipinski definition) is 11. The molecule has 3 heterocycles. The summed E-state index contributed by atoms with van der Waals surface area (Å²) in [6, 6.07) is 12.4. The first-order valence-corrected chi connectivity index (χ1v) is 11.0. The number of hydrogen-bond donors (Lipinski definition) is 3. The van der Waals surface area contributed by atoms with Crippen LogP contribution in [0.4, 0.5) is 5.82 Å². The Hall–Kier alpha value is -5.07. The Labute approximate surface area is 204 Å². The molecular weight excluding hydrogens is 468 g/mol. The van der Waals surface area contributed by atoms with Crippen molar-refractivity contribution in [2.75, 3.05) is 19.1 Å². The van der Waals surface area contributed by atoms with Crippen LogP contribution in [0.1, 0.15) is 29.4 Å². The van der Waals surface area contributed by atoms with Gasteiger partial charge in [-0.15, -0.1) is 5.10 Å². The van der Waals surface area contributed by atoms with Crippen LogP contribution in [-0.2, 0) is 0 Å². The minimum Gasteiger partial charge on any atom is -0.494 e. The van der Waals surface area contributed by atoms with Crippen molar-refractivity contribution in [3.63, 3.8) is 0 Å². The smallest absolute Gasteiger partial charge is 0.292 e. The Morgan fingerprint density at radius 2 is 1.94 bits per heavy atom. The fraction of sp³-hybridized carbons (Fsp3) is 0.174. The zero-order valence-corrected chi connectivity index (χ0v) is 19.2. The van der Waals surface area contributed by atoms with Crippen molar-refractivity contribution in [2.45, 2.75) is 13.3 Å². The van der Waals surface area contributed by atoms with Gasteiger partial charge in [0.15, 0.2) is 17.2 Å². The third-order valence-electron chi connectivity index (χ3n) is 5.23. The van der Waals surface area contributed by atoms with Gasteiger partial charge in [0.25, 0.3) is 5.91 Å². The summed E-state index contributed by atoms with van der Waals surface area (Å²) in [5.74, 6) is 1.45. The van der Waals surface area contributed by atoms with Crippen LogP contribution >= 0.6 is 0 Å². The van der Waals surface area contributed by atoms with Gasteiger partial charge in [0, 0.05) is 11.1 Å². The van der Waals surface area contributed by atoms with E-state index < -0.39 is 5.91 Å². The number of fused-ring (bicyclic) bond motifs is 1. The maximum absolute atomic E-state index is 13.1. The number of carbonyl (C=O) groups excluding carboxylic acids is 1. The largest absolute Gasteiger partial charge is 0.494 e. The quantitative estimate of drug-likeness (QED) is 0.295. The summed E-state index contributed by atoms with van der Waals surface area (Å²) < 4.78 is 22.4. The molecule has 0 fully saturated rings. The van der Waals surface area contributed by atoms with Crippen LogP contribution < -0.4 is 30.8 Å². The second kappa shape index (κ2) is 9.66. The lowest BCUT2D eigenvalue weighted by Gasteiger charge is -2.12. The Kier molecular flexibility index (Phi) is 6.09.